The van der Waals surface area contributed by atoms with Gasteiger partial charge in [-0.3, -0.25) is 4.79 Å². The van der Waals surface area contributed by atoms with Crippen LogP contribution in [0.4, 0.5) is 14.6 Å². The Kier molecular flexibility index (Phi) is 5.14. The van der Waals surface area contributed by atoms with E-state index in [1.807, 2.05) is 0 Å². The number of rotatable bonds is 5. The summed E-state index contributed by atoms with van der Waals surface area (Å²) < 4.78 is 31.0. The highest BCUT2D eigenvalue weighted by Gasteiger charge is 2.13. The minimum atomic E-state index is -0.793. The lowest BCUT2D eigenvalue weighted by atomic mass is 10.4. The van der Waals surface area contributed by atoms with Crippen LogP contribution in [-0.2, 0) is 9.53 Å². The van der Waals surface area contributed by atoms with Crippen molar-refractivity contribution < 1.29 is 18.3 Å². The summed E-state index contributed by atoms with van der Waals surface area (Å²) in [6.07, 6.45) is 0. The molecule has 0 radical (unpaired) electrons. The van der Waals surface area contributed by atoms with E-state index in [1.165, 1.54) is 7.11 Å². The van der Waals surface area contributed by atoms with E-state index >= 15 is 0 Å². The summed E-state index contributed by atoms with van der Waals surface area (Å²) in [6.45, 7) is 2.24. The first-order valence-electron chi connectivity index (χ1n) is 4.88. The van der Waals surface area contributed by atoms with Gasteiger partial charge in [-0.2, -0.15) is 0 Å². The molecule has 1 rings (SSSR count). The molecule has 0 fully saturated rings. The zero-order valence-corrected chi connectivity index (χ0v) is 10.2. The summed E-state index contributed by atoms with van der Waals surface area (Å²) in [4.78, 5) is 14.7. The second-order valence-electron chi connectivity index (χ2n) is 3.00. The molecule has 0 aliphatic rings. The molecule has 1 N–H and O–H groups in total. The molecule has 0 aliphatic heterocycles. The summed E-state index contributed by atoms with van der Waals surface area (Å²) in [7, 11) is 1.24. The van der Waals surface area contributed by atoms with Crippen LogP contribution in [0.3, 0.4) is 0 Å². The largest absolute Gasteiger partial charge is 0.468 e. The van der Waals surface area contributed by atoms with Crippen molar-refractivity contribution in [3.8, 4) is 0 Å². The van der Waals surface area contributed by atoms with Gasteiger partial charge in [0.2, 0.25) is 0 Å². The molecule has 1 aromatic heterocycles. The molecule has 0 atom stereocenters. The lowest BCUT2D eigenvalue weighted by Crippen LogP contribution is -2.07. The van der Waals surface area contributed by atoms with E-state index in [4.69, 9.17) is 0 Å². The number of methoxy groups -OCH3 is 1. The molecule has 0 aromatic carbocycles. The summed E-state index contributed by atoms with van der Waals surface area (Å²) in [5.74, 6) is -2.14. The van der Waals surface area contributed by atoms with Crippen molar-refractivity contribution in [1.82, 2.24) is 4.98 Å². The van der Waals surface area contributed by atoms with Crippen LogP contribution in [-0.4, -0.2) is 30.4 Å². The Balaban J connectivity index is 2.83. The van der Waals surface area contributed by atoms with Crippen molar-refractivity contribution in [3.63, 3.8) is 0 Å². The zero-order chi connectivity index (χ0) is 12.8. The van der Waals surface area contributed by atoms with Gasteiger partial charge in [0, 0.05) is 12.6 Å². The Morgan fingerprint density at radius 3 is 2.82 bits per heavy atom. The Morgan fingerprint density at radius 1 is 1.53 bits per heavy atom. The highest BCUT2D eigenvalue weighted by atomic mass is 32.2. The molecule has 0 aliphatic carbocycles. The second-order valence-corrected chi connectivity index (χ2v) is 3.96. The Hall–Kier alpha value is -1.37. The lowest BCUT2D eigenvalue weighted by Gasteiger charge is -2.07. The molecule has 0 saturated heterocycles. The van der Waals surface area contributed by atoms with Gasteiger partial charge in [-0.05, 0) is 6.92 Å². The number of hydrogen-bond acceptors (Lipinski definition) is 5. The third-order valence-electron chi connectivity index (χ3n) is 1.80. The van der Waals surface area contributed by atoms with Crippen LogP contribution in [0.25, 0.3) is 0 Å². The third kappa shape index (κ3) is 3.85. The highest BCUT2D eigenvalue weighted by Crippen LogP contribution is 2.23. The molecule has 1 heterocycles. The number of ether oxygens (including phenoxy) is 1. The van der Waals surface area contributed by atoms with Gasteiger partial charge >= 0.3 is 5.97 Å². The number of nitrogens with zero attached hydrogens (tertiary/aromatic N) is 1. The number of aromatic nitrogens is 1. The maximum absolute atomic E-state index is 13.3. The average Bonchev–Trinajstić information content (AvgIpc) is 2.30. The monoisotopic (exact) mass is 262 g/mol. The van der Waals surface area contributed by atoms with Crippen molar-refractivity contribution in [1.29, 1.82) is 0 Å². The van der Waals surface area contributed by atoms with E-state index in [-0.39, 0.29) is 16.6 Å². The average molecular weight is 262 g/mol. The number of hydrogen-bond donors (Lipinski definition) is 1. The quantitative estimate of drug-likeness (QED) is 0.650. The maximum atomic E-state index is 13.3. The Bertz CT molecular complexity index is 416. The molecule has 0 unspecified atom stereocenters. The van der Waals surface area contributed by atoms with E-state index < -0.39 is 17.6 Å². The van der Waals surface area contributed by atoms with Gasteiger partial charge < -0.3 is 10.1 Å². The van der Waals surface area contributed by atoms with Crippen molar-refractivity contribution >= 4 is 23.5 Å². The van der Waals surface area contributed by atoms with Gasteiger partial charge in [-0.25, -0.2) is 13.8 Å². The van der Waals surface area contributed by atoms with Crippen molar-refractivity contribution in [2.45, 2.75) is 11.9 Å². The predicted octanol–water partition coefficient (Wildman–Crippen LogP) is 2.06. The van der Waals surface area contributed by atoms with E-state index in [0.29, 0.717) is 6.54 Å². The van der Waals surface area contributed by atoms with Crippen LogP contribution in [0.1, 0.15) is 6.92 Å². The van der Waals surface area contributed by atoms with Crippen molar-refractivity contribution in [2.24, 2.45) is 0 Å². The van der Waals surface area contributed by atoms with Crippen LogP contribution in [0.15, 0.2) is 11.1 Å². The van der Waals surface area contributed by atoms with Crippen LogP contribution in [0.2, 0.25) is 0 Å². The number of carbonyl (C=O) groups is 1. The smallest absolute Gasteiger partial charge is 0.316 e. The first-order chi connectivity index (χ1) is 8.08. The van der Waals surface area contributed by atoms with Gasteiger partial charge in [0.15, 0.2) is 17.5 Å². The van der Waals surface area contributed by atoms with Crippen molar-refractivity contribution in [2.75, 3.05) is 24.7 Å². The fraction of sp³-hybridized carbons (Fsp3) is 0.400. The SMILES string of the molecule is CCNc1nc(SCC(=O)OC)c(F)cc1F. The third-order valence-corrected chi connectivity index (χ3v) is 2.74. The Morgan fingerprint density at radius 2 is 2.24 bits per heavy atom. The lowest BCUT2D eigenvalue weighted by molar-refractivity contribution is -0.137. The van der Waals surface area contributed by atoms with E-state index in [1.54, 1.807) is 6.92 Å². The molecule has 0 amide bonds. The van der Waals surface area contributed by atoms with Crippen LogP contribution in [0.5, 0.6) is 0 Å². The normalized spacial score (nSPS) is 10.1. The van der Waals surface area contributed by atoms with Crippen LogP contribution < -0.4 is 5.32 Å². The molecule has 0 spiro atoms. The first-order valence-corrected chi connectivity index (χ1v) is 5.86. The number of esters is 1. The zero-order valence-electron chi connectivity index (χ0n) is 9.42. The van der Waals surface area contributed by atoms with Crippen molar-refractivity contribution in [3.05, 3.63) is 17.7 Å². The Labute approximate surface area is 102 Å². The molecular weight excluding hydrogens is 250 g/mol. The first kappa shape index (κ1) is 13.7. The summed E-state index contributed by atoms with van der Waals surface area (Å²) in [5.41, 5.74) is 0. The minimum absolute atomic E-state index is 0.0266. The predicted molar refractivity (Wildman–Crippen MR) is 61.1 cm³/mol. The second kappa shape index (κ2) is 6.39. The fourth-order valence-corrected chi connectivity index (χ4v) is 1.75. The number of thioether (sulfide) groups is 1. The minimum Gasteiger partial charge on any atom is -0.468 e. The van der Waals surface area contributed by atoms with Gasteiger partial charge in [0.25, 0.3) is 0 Å². The molecule has 0 saturated carbocycles. The fourth-order valence-electron chi connectivity index (χ4n) is 1.03. The summed E-state index contributed by atoms with van der Waals surface area (Å²) in [5, 5.41) is 2.63. The molecule has 0 bridgehead atoms. The molecule has 1 aromatic rings. The van der Waals surface area contributed by atoms with Crippen LogP contribution in [0, 0.1) is 11.6 Å². The maximum Gasteiger partial charge on any atom is 0.316 e. The van der Waals surface area contributed by atoms with E-state index in [9.17, 15) is 13.6 Å². The number of anilines is 1. The highest BCUT2D eigenvalue weighted by molar-refractivity contribution is 7.99. The summed E-state index contributed by atoms with van der Waals surface area (Å²) in [6, 6.07) is 0.741. The number of nitrogens with one attached hydrogen (secondary N) is 1. The molecule has 94 valence electrons. The summed E-state index contributed by atoms with van der Waals surface area (Å²) >= 11 is 0.861. The van der Waals surface area contributed by atoms with Gasteiger partial charge in [-0.15, -0.1) is 0 Å². The molecule has 4 nitrogen and oxygen atoms in total. The molecule has 7 heteroatoms. The topological polar surface area (TPSA) is 51.2 Å². The molecular formula is C10H12F2N2O2S. The van der Waals surface area contributed by atoms with Gasteiger partial charge in [0.05, 0.1) is 12.9 Å². The number of halogens is 2. The standard InChI is InChI=1S/C10H12F2N2O2S/c1-3-13-9-6(11)4-7(12)10(14-9)17-5-8(15)16-2/h4H,3,5H2,1-2H3,(H,13,14). The van der Waals surface area contributed by atoms with Crippen LogP contribution >= 0.6 is 11.8 Å². The molecule has 17 heavy (non-hydrogen) atoms. The van der Waals surface area contributed by atoms with E-state index in [0.717, 1.165) is 17.8 Å². The number of carbonyl (C=O) groups excluding carboxylic acids is 1. The van der Waals surface area contributed by atoms with Gasteiger partial charge in [-0.1, -0.05) is 11.8 Å². The van der Waals surface area contributed by atoms with Gasteiger partial charge in [0.1, 0.15) is 5.03 Å². The number of pyridine rings is 1. The van der Waals surface area contributed by atoms with E-state index in [2.05, 4.69) is 15.0 Å².